The van der Waals surface area contributed by atoms with Crippen molar-refractivity contribution in [2.45, 2.75) is 6.54 Å². The quantitative estimate of drug-likeness (QED) is 0.321. The Balaban J connectivity index is 1.96. The maximum absolute atomic E-state index is 12.4. The standard InChI is InChI=1S/C21H24NO3/c1-4-20(23)25-15-14-22(2,3)16-17-10-12-19(13-11-17)21(24)18-8-6-5-7-9-18/h4-13H,1,14-16H2,2-3H3/q+1. The minimum atomic E-state index is -0.399. The normalized spacial score (nSPS) is 11.0. The van der Waals surface area contributed by atoms with Gasteiger partial charge in [0.1, 0.15) is 19.7 Å². The summed E-state index contributed by atoms with van der Waals surface area (Å²) in [4.78, 5) is 23.5. The van der Waals surface area contributed by atoms with Crippen LogP contribution in [0.25, 0.3) is 0 Å². The Hall–Kier alpha value is -2.72. The number of benzene rings is 2. The van der Waals surface area contributed by atoms with Crippen LogP contribution in [0.3, 0.4) is 0 Å². The lowest BCUT2D eigenvalue weighted by molar-refractivity contribution is -0.903. The van der Waals surface area contributed by atoms with E-state index in [1.807, 2.05) is 54.6 Å². The van der Waals surface area contributed by atoms with Gasteiger partial charge in [0.25, 0.3) is 0 Å². The Kier molecular flexibility index (Phi) is 6.25. The molecule has 0 fully saturated rings. The molecule has 0 saturated carbocycles. The molecule has 0 amide bonds. The highest BCUT2D eigenvalue weighted by molar-refractivity contribution is 6.08. The van der Waals surface area contributed by atoms with Gasteiger partial charge < -0.3 is 9.22 Å². The van der Waals surface area contributed by atoms with Crippen molar-refractivity contribution in [3.05, 3.63) is 83.9 Å². The average Bonchev–Trinajstić information content (AvgIpc) is 2.62. The van der Waals surface area contributed by atoms with Gasteiger partial charge in [-0.15, -0.1) is 0 Å². The Labute approximate surface area is 148 Å². The van der Waals surface area contributed by atoms with Crippen molar-refractivity contribution in [1.82, 2.24) is 0 Å². The number of quaternary nitrogens is 1. The molecule has 0 heterocycles. The molecule has 0 aromatic heterocycles. The van der Waals surface area contributed by atoms with E-state index in [4.69, 9.17) is 4.74 Å². The van der Waals surface area contributed by atoms with Gasteiger partial charge in [-0.3, -0.25) is 4.79 Å². The SMILES string of the molecule is C=CC(=O)OCC[N+](C)(C)Cc1ccc(C(=O)c2ccccc2)cc1. The summed E-state index contributed by atoms with van der Waals surface area (Å²) in [5.41, 5.74) is 2.50. The van der Waals surface area contributed by atoms with Crippen LogP contribution >= 0.6 is 0 Å². The second-order valence-electron chi connectivity index (χ2n) is 6.58. The van der Waals surface area contributed by atoms with Gasteiger partial charge in [0.2, 0.25) is 0 Å². The fourth-order valence-corrected chi connectivity index (χ4v) is 2.54. The van der Waals surface area contributed by atoms with E-state index in [-0.39, 0.29) is 5.78 Å². The Morgan fingerprint density at radius 2 is 1.60 bits per heavy atom. The number of rotatable bonds is 8. The first-order valence-corrected chi connectivity index (χ1v) is 8.21. The number of ketones is 1. The molecule has 0 saturated heterocycles. The van der Waals surface area contributed by atoms with Gasteiger partial charge in [-0.25, -0.2) is 4.79 Å². The van der Waals surface area contributed by atoms with Crippen molar-refractivity contribution in [1.29, 1.82) is 0 Å². The molecule has 4 heteroatoms. The van der Waals surface area contributed by atoms with E-state index in [2.05, 4.69) is 20.7 Å². The summed E-state index contributed by atoms with van der Waals surface area (Å²) in [7, 11) is 4.15. The summed E-state index contributed by atoms with van der Waals surface area (Å²) >= 11 is 0. The lowest BCUT2D eigenvalue weighted by Gasteiger charge is -2.29. The average molecular weight is 338 g/mol. The van der Waals surface area contributed by atoms with E-state index >= 15 is 0 Å². The fourth-order valence-electron chi connectivity index (χ4n) is 2.54. The van der Waals surface area contributed by atoms with Gasteiger partial charge in [-0.1, -0.05) is 61.2 Å². The molecule has 0 aliphatic heterocycles. The summed E-state index contributed by atoms with van der Waals surface area (Å²) in [6.45, 7) is 5.21. The zero-order chi connectivity index (χ0) is 18.3. The van der Waals surface area contributed by atoms with E-state index in [1.165, 1.54) is 6.08 Å². The molecule has 0 bridgehead atoms. The van der Waals surface area contributed by atoms with Crippen LogP contribution < -0.4 is 0 Å². The number of carbonyl (C=O) groups is 2. The van der Waals surface area contributed by atoms with Crippen LogP contribution in [0.2, 0.25) is 0 Å². The van der Waals surface area contributed by atoms with Gasteiger partial charge in [-0.2, -0.15) is 0 Å². The second kappa shape index (κ2) is 8.40. The monoisotopic (exact) mass is 338 g/mol. The number of hydrogen-bond donors (Lipinski definition) is 0. The number of likely N-dealkylation sites (N-methyl/N-ethyl adjacent to an activating group) is 1. The summed E-state index contributed by atoms with van der Waals surface area (Å²) in [6, 6.07) is 16.9. The van der Waals surface area contributed by atoms with Crippen LogP contribution in [0.4, 0.5) is 0 Å². The summed E-state index contributed by atoms with van der Waals surface area (Å²) in [5.74, 6) is -0.374. The van der Waals surface area contributed by atoms with Crippen LogP contribution in [0.15, 0.2) is 67.3 Å². The number of nitrogens with zero attached hydrogens (tertiary/aromatic N) is 1. The molecule has 4 nitrogen and oxygen atoms in total. The molecular weight excluding hydrogens is 314 g/mol. The van der Waals surface area contributed by atoms with Crippen molar-refractivity contribution in [3.63, 3.8) is 0 Å². The molecule has 2 rings (SSSR count). The predicted octanol–water partition coefficient (Wildman–Crippen LogP) is 3.22. The topological polar surface area (TPSA) is 43.4 Å². The zero-order valence-corrected chi connectivity index (χ0v) is 14.8. The van der Waals surface area contributed by atoms with Crippen LogP contribution in [0, 0.1) is 0 Å². The number of esters is 1. The summed E-state index contributed by atoms with van der Waals surface area (Å²) in [5, 5.41) is 0. The van der Waals surface area contributed by atoms with Crippen molar-refractivity contribution < 1.29 is 18.8 Å². The van der Waals surface area contributed by atoms with Crippen molar-refractivity contribution >= 4 is 11.8 Å². The van der Waals surface area contributed by atoms with E-state index in [1.54, 1.807) is 0 Å². The molecule has 0 aliphatic rings. The molecule has 0 N–H and O–H groups in total. The minimum absolute atomic E-state index is 0.0252. The maximum atomic E-state index is 12.4. The lowest BCUT2D eigenvalue weighted by atomic mass is 10.0. The first kappa shape index (κ1) is 18.6. The highest BCUT2D eigenvalue weighted by Gasteiger charge is 2.17. The zero-order valence-electron chi connectivity index (χ0n) is 14.8. The summed E-state index contributed by atoms with van der Waals surface area (Å²) in [6.07, 6.45) is 1.17. The van der Waals surface area contributed by atoms with Gasteiger partial charge in [0, 0.05) is 22.8 Å². The minimum Gasteiger partial charge on any atom is -0.457 e. The van der Waals surface area contributed by atoms with Gasteiger partial charge in [0.15, 0.2) is 5.78 Å². The Morgan fingerprint density at radius 3 is 2.20 bits per heavy atom. The van der Waals surface area contributed by atoms with Crippen LogP contribution in [-0.2, 0) is 16.1 Å². The molecule has 0 unspecified atom stereocenters. The van der Waals surface area contributed by atoms with Gasteiger partial charge >= 0.3 is 5.97 Å². The third-order valence-electron chi connectivity index (χ3n) is 3.97. The fraction of sp³-hybridized carbons (Fsp3) is 0.238. The molecule has 0 radical (unpaired) electrons. The number of ether oxygens (including phenoxy) is 1. The van der Waals surface area contributed by atoms with Gasteiger partial charge in [-0.05, 0) is 0 Å². The first-order valence-electron chi connectivity index (χ1n) is 8.21. The van der Waals surface area contributed by atoms with E-state index < -0.39 is 5.97 Å². The molecule has 0 aliphatic carbocycles. The van der Waals surface area contributed by atoms with Crippen LogP contribution in [0.5, 0.6) is 0 Å². The smallest absolute Gasteiger partial charge is 0.330 e. The largest absolute Gasteiger partial charge is 0.457 e. The van der Waals surface area contributed by atoms with E-state index in [0.29, 0.717) is 28.8 Å². The third kappa shape index (κ3) is 5.69. The van der Waals surface area contributed by atoms with Crippen molar-refractivity contribution in [3.8, 4) is 0 Å². The molecule has 0 spiro atoms. The maximum Gasteiger partial charge on any atom is 0.330 e. The molecule has 2 aromatic rings. The first-order chi connectivity index (χ1) is 11.9. The van der Waals surface area contributed by atoms with Crippen LogP contribution in [0.1, 0.15) is 21.5 Å². The van der Waals surface area contributed by atoms with Crippen molar-refractivity contribution in [2.75, 3.05) is 27.2 Å². The molecular formula is C21H24NO3+. The lowest BCUT2D eigenvalue weighted by Crippen LogP contribution is -2.41. The highest BCUT2D eigenvalue weighted by Crippen LogP contribution is 2.14. The highest BCUT2D eigenvalue weighted by atomic mass is 16.5. The van der Waals surface area contributed by atoms with E-state index in [9.17, 15) is 9.59 Å². The van der Waals surface area contributed by atoms with Crippen molar-refractivity contribution in [2.24, 2.45) is 0 Å². The summed E-state index contributed by atoms with van der Waals surface area (Å²) < 4.78 is 5.72. The van der Waals surface area contributed by atoms with Crippen LogP contribution in [-0.4, -0.2) is 43.5 Å². The third-order valence-corrected chi connectivity index (χ3v) is 3.97. The second-order valence-corrected chi connectivity index (χ2v) is 6.58. The number of carbonyl (C=O) groups excluding carboxylic acids is 2. The molecule has 25 heavy (non-hydrogen) atoms. The molecule has 0 atom stereocenters. The number of hydrogen-bond acceptors (Lipinski definition) is 3. The molecule has 130 valence electrons. The van der Waals surface area contributed by atoms with Gasteiger partial charge in [0.05, 0.1) is 14.1 Å². The predicted molar refractivity (Wildman–Crippen MR) is 98.2 cm³/mol. The molecule has 2 aromatic carbocycles. The Bertz CT molecular complexity index is 733. The Morgan fingerprint density at radius 1 is 1.00 bits per heavy atom. The van der Waals surface area contributed by atoms with E-state index in [0.717, 1.165) is 12.1 Å².